The van der Waals surface area contributed by atoms with E-state index in [4.69, 9.17) is 13.7 Å². The van der Waals surface area contributed by atoms with Crippen molar-refractivity contribution in [3.8, 4) is 78.1 Å². The second-order valence-corrected chi connectivity index (χ2v) is 24.1. The highest BCUT2D eigenvalue weighted by atomic mass is 15.2. The summed E-state index contributed by atoms with van der Waals surface area (Å²) >= 11 is 0. The molecule has 0 spiro atoms. The molecule has 0 saturated carbocycles. The maximum absolute atomic E-state index is 11.7. The lowest BCUT2D eigenvalue weighted by molar-refractivity contribution is 0.866. The van der Waals surface area contributed by atoms with Gasteiger partial charge in [0.15, 0.2) is 0 Å². The molecule has 0 aliphatic carbocycles. The van der Waals surface area contributed by atoms with Crippen LogP contribution in [-0.2, 0) is 0 Å². The van der Waals surface area contributed by atoms with Crippen LogP contribution >= 0.6 is 0 Å². The standard InChI is InChI=1S/C93H65BN4/c1-61(2)70-57-89-91-90(58-70)98(93-75(66-35-17-7-18-36-66)43-26-44-76(93)67-37-19-8-20-38-67)88-60-72(96-84-46-24-22-40-78(84)80-56-69(48-54-86(80)96)63-29-11-4-12-30-63)50-52-82(88)94(91)81-51-49-71(95-83-45-23-21-39-77(83)79-55-68(47-53-85(79)95)62-27-9-3-10-28-62)59-87(81)97(89)92-73(64-31-13-5-14-32-64)41-25-42-74(92)65-33-15-6-16-34-65/h3-61H,1-2H3/i3D,4D,9D,10D,11D,12D,21D,22D,23D,24D,27D,28D,29D,30D,39D,40D,45D,46D,47D,48D,49D,50D,51D,52D,53D,54D,55D,56D,59D,60D. The van der Waals surface area contributed by atoms with E-state index in [1.165, 1.54) is 0 Å². The van der Waals surface area contributed by atoms with Crippen molar-refractivity contribution in [2.24, 2.45) is 0 Å². The van der Waals surface area contributed by atoms with Gasteiger partial charge >= 0.3 is 0 Å². The number of nitrogens with zero attached hydrogens (tertiary/aromatic N) is 4. The Morgan fingerprint density at radius 1 is 0.296 bits per heavy atom. The molecule has 4 nitrogen and oxygen atoms in total. The van der Waals surface area contributed by atoms with Gasteiger partial charge in [0, 0.05) is 77.9 Å². The summed E-state index contributed by atoms with van der Waals surface area (Å²) < 4.78 is 296. The van der Waals surface area contributed by atoms with E-state index < -0.39 is 271 Å². The van der Waals surface area contributed by atoms with Crippen molar-refractivity contribution in [3.05, 3.63) is 357 Å². The summed E-state index contributed by atoms with van der Waals surface area (Å²) in [5.41, 5.74) is -1.39. The number of rotatable bonds is 11. The Labute approximate surface area is 613 Å². The van der Waals surface area contributed by atoms with Crippen LogP contribution in [0.3, 0.4) is 0 Å². The van der Waals surface area contributed by atoms with Crippen LogP contribution in [-0.4, -0.2) is 15.8 Å². The molecule has 2 aliphatic rings. The number of aromatic nitrogens is 2. The van der Waals surface area contributed by atoms with Crippen molar-refractivity contribution in [2.45, 2.75) is 19.8 Å². The normalized spacial score (nSPS) is 16.7. The van der Waals surface area contributed by atoms with Gasteiger partial charge in [-0.25, -0.2) is 0 Å². The van der Waals surface area contributed by atoms with Crippen LogP contribution in [0.2, 0.25) is 0 Å². The predicted molar refractivity (Wildman–Crippen MR) is 416 cm³/mol. The Balaban J connectivity index is 1.05. The monoisotopic (exact) mass is 1280 g/mol. The first-order valence-electron chi connectivity index (χ1n) is 46.8. The van der Waals surface area contributed by atoms with Gasteiger partial charge in [-0.3, -0.25) is 0 Å². The Kier molecular flexibility index (Phi) is 8.12. The molecule has 0 saturated heterocycles. The lowest BCUT2D eigenvalue weighted by atomic mass is 9.33. The number of fused-ring (bicyclic) bond motifs is 10. The van der Waals surface area contributed by atoms with Crippen LogP contribution in [0, 0.1) is 0 Å². The Morgan fingerprint density at radius 3 is 1.03 bits per heavy atom. The number of hydrogen-bond acceptors (Lipinski definition) is 2. The van der Waals surface area contributed by atoms with E-state index >= 15 is 0 Å². The van der Waals surface area contributed by atoms with Gasteiger partial charge < -0.3 is 18.9 Å². The average molecular weight is 1280 g/mol. The van der Waals surface area contributed by atoms with E-state index in [9.17, 15) is 27.4 Å². The Hall–Kier alpha value is -12.4. The summed E-state index contributed by atoms with van der Waals surface area (Å²) in [5.74, 6) is -0.498. The van der Waals surface area contributed by atoms with Gasteiger partial charge in [-0.2, -0.15) is 0 Å². The zero-order chi connectivity index (χ0) is 91.1. The fourth-order valence-electron chi connectivity index (χ4n) is 14.0. The van der Waals surface area contributed by atoms with E-state index in [0.717, 1.165) is 9.13 Å². The molecule has 460 valence electrons. The Bertz CT molecular complexity index is 7230. The average Bonchev–Trinajstić information content (AvgIpc) is 0.996. The lowest BCUT2D eigenvalue weighted by Crippen LogP contribution is -2.61. The molecule has 0 radical (unpaired) electrons. The number of para-hydroxylation sites is 4. The first-order valence-corrected chi connectivity index (χ1v) is 31.8. The Morgan fingerprint density at radius 2 is 0.653 bits per heavy atom. The highest BCUT2D eigenvalue weighted by Gasteiger charge is 2.46. The highest BCUT2D eigenvalue weighted by Crippen LogP contribution is 2.54. The summed E-state index contributed by atoms with van der Waals surface area (Å²) in [7, 11) is 0. The maximum atomic E-state index is 11.7. The third-order valence-electron chi connectivity index (χ3n) is 18.4. The molecule has 0 unspecified atom stereocenters. The smallest absolute Gasteiger partial charge is 0.252 e. The van der Waals surface area contributed by atoms with Gasteiger partial charge in [0.05, 0.1) is 74.6 Å². The first-order chi connectivity index (χ1) is 61.0. The summed E-state index contributed by atoms with van der Waals surface area (Å²) in [5, 5.41) is -2.12. The van der Waals surface area contributed by atoms with Gasteiger partial charge in [0.1, 0.15) is 0 Å². The molecule has 98 heavy (non-hydrogen) atoms. The molecule has 4 heterocycles. The van der Waals surface area contributed by atoms with Crippen LogP contribution in [0.1, 0.15) is 66.5 Å². The van der Waals surface area contributed by atoms with E-state index in [1.54, 1.807) is 9.80 Å². The van der Waals surface area contributed by atoms with Crippen molar-refractivity contribution in [3.63, 3.8) is 0 Å². The number of anilines is 6. The minimum atomic E-state index is -1.75. The largest absolute Gasteiger partial charge is 0.310 e. The van der Waals surface area contributed by atoms with E-state index in [-0.39, 0.29) is 39.1 Å². The van der Waals surface area contributed by atoms with Gasteiger partial charge in [-0.1, -0.05) is 292 Å². The molecule has 0 atom stereocenters. The SMILES string of the molecule is [2H]c1c([2H])c([2H])c(-c2c([2H])c([2H])c3c(c2[2H])c2c([2H])c([2H])c([2H])c([2H])c2n3-c2c([2H])c([2H])c3c(c2[2H])N(c2c(-c4ccccc4)cccc2-c2ccccc2)c2cc(C(C)C)cc4c2B3c2c([2H])c([2H])c(-n3c5c([2H])c([2H])c([2H])c([2H])c5c5c([2H])c(-c6c([2H])c([2H])c([2H])c([2H])c6[2H])c([2H])c([2H])c53)c([2H])c2N4c2c(-c3ccccc3)cccc2-c2ccccc2)c([2H])c1[2H]. The molecular formula is C93H65BN4. The summed E-state index contributed by atoms with van der Waals surface area (Å²) in [4.78, 5) is 3.53. The van der Waals surface area contributed by atoms with Crippen molar-refractivity contribution in [1.29, 1.82) is 0 Å². The summed E-state index contributed by atoms with van der Waals surface area (Å²) in [6.45, 7) is 2.11. The molecule has 0 bridgehead atoms. The second-order valence-electron chi connectivity index (χ2n) is 24.1. The topological polar surface area (TPSA) is 16.3 Å². The zero-order valence-electron chi connectivity index (χ0n) is 82.1. The minimum Gasteiger partial charge on any atom is -0.310 e. The summed E-state index contributed by atoms with van der Waals surface area (Å²) in [6, 6.07) is 26.0. The van der Waals surface area contributed by atoms with Gasteiger partial charge in [0.25, 0.3) is 6.71 Å². The minimum absolute atomic E-state index is 0.213. The van der Waals surface area contributed by atoms with E-state index in [0.29, 0.717) is 61.4 Å². The van der Waals surface area contributed by atoms with Crippen molar-refractivity contribution in [1.82, 2.24) is 9.13 Å². The van der Waals surface area contributed by atoms with Crippen LogP contribution in [0.25, 0.3) is 122 Å². The molecule has 19 rings (SSSR count). The summed E-state index contributed by atoms with van der Waals surface area (Å²) in [6.07, 6.45) is 0. The van der Waals surface area contributed by atoms with Gasteiger partial charge in [-0.05, 0) is 145 Å². The molecular weight excluding hydrogens is 1180 g/mol. The molecule has 0 amide bonds. The van der Waals surface area contributed by atoms with Crippen LogP contribution in [0.15, 0.2) is 351 Å². The third-order valence-corrected chi connectivity index (χ3v) is 18.4. The molecule has 0 N–H and O–H groups in total. The fraction of sp³-hybridized carbons (Fsp3) is 0.0323. The second kappa shape index (κ2) is 23.2. The molecule has 17 aromatic rings. The van der Waals surface area contributed by atoms with Crippen molar-refractivity contribution in [2.75, 3.05) is 9.80 Å². The number of hydrogen-bond donors (Lipinski definition) is 0. The van der Waals surface area contributed by atoms with Crippen LogP contribution in [0.4, 0.5) is 34.1 Å². The van der Waals surface area contributed by atoms with Crippen molar-refractivity contribution < 1.29 is 41.1 Å². The van der Waals surface area contributed by atoms with Crippen molar-refractivity contribution >= 4 is 101 Å². The molecule has 2 aromatic heterocycles. The fourth-order valence-corrected chi connectivity index (χ4v) is 14.0. The quantitative estimate of drug-likeness (QED) is 0.120. The third kappa shape index (κ3) is 9.15. The molecule has 15 aromatic carbocycles. The van der Waals surface area contributed by atoms with E-state index in [2.05, 4.69) is 0 Å². The van der Waals surface area contributed by atoms with Crippen LogP contribution < -0.4 is 26.2 Å². The van der Waals surface area contributed by atoms with Gasteiger partial charge in [0.2, 0.25) is 0 Å². The predicted octanol–water partition coefficient (Wildman–Crippen LogP) is 23.1. The molecule has 2 aliphatic heterocycles. The number of benzene rings is 15. The van der Waals surface area contributed by atoms with Crippen LogP contribution in [0.5, 0.6) is 0 Å². The highest BCUT2D eigenvalue weighted by molar-refractivity contribution is 7.00. The molecule has 5 heteroatoms. The lowest BCUT2D eigenvalue weighted by Gasteiger charge is -2.46. The zero-order valence-corrected chi connectivity index (χ0v) is 52.1. The van der Waals surface area contributed by atoms with E-state index in [1.807, 2.05) is 184 Å². The van der Waals surface area contributed by atoms with Gasteiger partial charge in [-0.15, -0.1) is 0 Å². The maximum Gasteiger partial charge on any atom is 0.252 e. The first kappa shape index (κ1) is 34.3. The molecule has 0 fully saturated rings.